The number of carbonyl (C=O) groups excluding carboxylic acids is 4. The maximum Gasteiger partial charge on any atom is 0.326 e. The van der Waals surface area contributed by atoms with Gasteiger partial charge in [0, 0.05) is 19.3 Å². The summed E-state index contributed by atoms with van der Waals surface area (Å²) in [6, 6.07) is -6.15. The zero-order chi connectivity index (χ0) is 27.3. The third kappa shape index (κ3) is 12.9. The van der Waals surface area contributed by atoms with Gasteiger partial charge in [0.25, 0.3) is 0 Å². The summed E-state index contributed by atoms with van der Waals surface area (Å²) >= 11 is 0. The minimum atomic E-state index is -1.66. The van der Waals surface area contributed by atoms with Gasteiger partial charge in [-0.2, -0.15) is 0 Å². The number of hydrogen-bond acceptors (Lipinski definition) is 9. The Morgan fingerprint density at radius 2 is 1.20 bits per heavy atom. The molecule has 0 aromatic rings. The third-order valence-electron chi connectivity index (χ3n) is 4.64. The lowest BCUT2D eigenvalue weighted by Crippen LogP contribution is -2.59. The van der Waals surface area contributed by atoms with Crippen molar-refractivity contribution in [1.29, 1.82) is 0 Å². The lowest BCUT2D eigenvalue weighted by atomic mass is 10.1. The smallest absolute Gasteiger partial charge is 0.326 e. The van der Waals surface area contributed by atoms with E-state index in [2.05, 4.69) is 16.0 Å². The second kappa shape index (κ2) is 15.2. The van der Waals surface area contributed by atoms with Crippen LogP contribution in [0.1, 0.15) is 45.4 Å². The largest absolute Gasteiger partial charge is 0.481 e. The number of carboxylic acids is 3. The number of amides is 4. The normalized spacial score (nSPS) is 14.9. The molecule has 16 nitrogen and oxygen atoms in total. The van der Waals surface area contributed by atoms with Gasteiger partial charge in [0.15, 0.2) is 0 Å². The molecule has 0 rings (SSSR count). The van der Waals surface area contributed by atoms with E-state index in [-0.39, 0.29) is 19.3 Å². The summed E-state index contributed by atoms with van der Waals surface area (Å²) in [4.78, 5) is 81.3. The average Bonchev–Trinajstić information content (AvgIpc) is 2.74. The predicted octanol–water partition coefficient (Wildman–Crippen LogP) is -3.77. The fraction of sp³-hybridized carbons (Fsp3) is 0.632. The van der Waals surface area contributed by atoms with E-state index >= 15 is 0 Å². The van der Waals surface area contributed by atoms with Crippen LogP contribution in [0.2, 0.25) is 0 Å². The van der Waals surface area contributed by atoms with Crippen LogP contribution in [0.25, 0.3) is 0 Å². The fourth-order valence-electron chi connectivity index (χ4n) is 2.69. The molecular weight excluding hydrogens is 474 g/mol. The number of aliphatic carboxylic acids is 3. The van der Waals surface area contributed by atoms with E-state index in [0.717, 1.165) is 6.92 Å². The molecule has 0 aliphatic heterocycles. The number of nitrogens with one attached hydrogen (secondary N) is 3. The van der Waals surface area contributed by atoms with Gasteiger partial charge < -0.3 is 47.8 Å². The molecule has 16 heteroatoms. The Bertz CT molecular complexity index is 817. The zero-order valence-corrected chi connectivity index (χ0v) is 18.9. The lowest BCUT2D eigenvalue weighted by Gasteiger charge is -2.26. The molecule has 35 heavy (non-hydrogen) atoms. The van der Waals surface area contributed by atoms with Gasteiger partial charge in [-0.3, -0.25) is 28.8 Å². The molecule has 11 N–H and O–H groups in total. The monoisotopic (exact) mass is 505 g/mol. The first-order chi connectivity index (χ1) is 16.1. The van der Waals surface area contributed by atoms with Crippen LogP contribution in [0.3, 0.4) is 0 Å². The Hall–Kier alpha value is -3.79. The summed E-state index contributed by atoms with van der Waals surface area (Å²) in [6.07, 6.45) is -4.04. The summed E-state index contributed by atoms with van der Waals surface area (Å²) in [5.74, 6) is -8.04. The average molecular weight is 505 g/mol. The predicted molar refractivity (Wildman–Crippen MR) is 115 cm³/mol. The van der Waals surface area contributed by atoms with E-state index < -0.39 is 91.1 Å². The maximum atomic E-state index is 12.7. The highest BCUT2D eigenvalue weighted by atomic mass is 16.4. The number of rotatable bonds is 17. The molecule has 5 atom stereocenters. The van der Waals surface area contributed by atoms with Crippen LogP contribution in [0.4, 0.5) is 0 Å². The van der Waals surface area contributed by atoms with Crippen molar-refractivity contribution in [3.05, 3.63) is 0 Å². The second-order valence-corrected chi connectivity index (χ2v) is 7.66. The number of carboxylic acid groups (broad SMARTS) is 3. The SMILES string of the molecule is CC(O)C(NC(=O)C(N)CCC(=O)O)C(=O)NC(CCC(=O)O)C(=O)NC(CCC(N)=O)C(=O)O. The van der Waals surface area contributed by atoms with Crippen LogP contribution >= 0.6 is 0 Å². The van der Waals surface area contributed by atoms with Crippen molar-refractivity contribution in [3.8, 4) is 0 Å². The van der Waals surface area contributed by atoms with Crippen molar-refractivity contribution in [2.24, 2.45) is 11.5 Å². The van der Waals surface area contributed by atoms with Gasteiger partial charge in [-0.05, 0) is 26.2 Å². The molecule has 5 unspecified atom stereocenters. The van der Waals surface area contributed by atoms with E-state index in [4.69, 9.17) is 21.7 Å². The molecule has 0 aliphatic rings. The first-order valence-electron chi connectivity index (χ1n) is 10.4. The highest BCUT2D eigenvalue weighted by molar-refractivity contribution is 5.94. The van der Waals surface area contributed by atoms with Crippen LogP contribution in [-0.2, 0) is 33.6 Å². The van der Waals surface area contributed by atoms with Crippen LogP contribution in [-0.4, -0.2) is 92.2 Å². The summed E-state index contributed by atoms with van der Waals surface area (Å²) < 4.78 is 0. The van der Waals surface area contributed by atoms with Crippen molar-refractivity contribution in [2.75, 3.05) is 0 Å². The maximum absolute atomic E-state index is 12.7. The minimum Gasteiger partial charge on any atom is -0.481 e. The standard InChI is InChI=1S/C19H31N5O11/c1-8(25)15(24-16(31)9(20)2-6-13(27)28)18(33)22-10(4-7-14(29)30)17(32)23-11(19(34)35)3-5-12(21)26/h8-11,15,25H,2-7,20H2,1H3,(H2,21,26)(H,22,33)(H,23,32)(H,24,31)(H,27,28)(H,29,30)(H,34,35). The Labute approximate surface area is 199 Å². The number of carbonyl (C=O) groups is 7. The van der Waals surface area contributed by atoms with Crippen LogP contribution in [0, 0.1) is 0 Å². The first kappa shape index (κ1) is 31.2. The summed E-state index contributed by atoms with van der Waals surface area (Å²) in [5.41, 5.74) is 10.5. The lowest BCUT2D eigenvalue weighted by molar-refractivity contribution is -0.143. The Balaban J connectivity index is 5.49. The molecule has 0 bridgehead atoms. The Morgan fingerprint density at radius 1 is 0.714 bits per heavy atom. The van der Waals surface area contributed by atoms with Crippen LogP contribution < -0.4 is 27.4 Å². The molecule has 0 aromatic heterocycles. The first-order valence-corrected chi connectivity index (χ1v) is 10.4. The van der Waals surface area contributed by atoms with Gasteiger partial charge in [0.05, 0.1) is 12.1 Å². The van der Waals surface area contributed by atoms with Gasteiger partial charge >= 0.3 is 17.9 Å². The van der Waals surface area contributed by atoms with Crippen molar-refractivity contribution in [2.45, 2.75) is 75.7 Å². The molecule has 0 spiro atoms. The zero-order valence-electron chi connectivity index (χ0n) is 18.9. The summed E-state index contributed by atoms with van der Waals surface area (Å²) in [7, 11) is 0. The topological polar surface area (TPSA) is 289 Å². The Kier molecular flexibility index (Phi) is 13.5. The van der Waals surface area contributed by atoms with E-state index in [1.807, 2.05) is 0 Å². The van der Waals surface area contributed by atoms with Gasteiger partial charge in [-0.25, -0.2) is 4.79 Å². The van der Waals surface area contributed by atoms with E-state index in [1.165, 1.54) is 0 Å². The van der Waals surface area contributed by atoms with Crippen LogP contribution in [0.5, 0.6) is 0 Å². The van der Waals surface area contributed by atoms with Crippen molar-refractivity contribution < 1.29 is 54.0 Å². The fourth-order valence-corrected chi connectivity index (χ4v) is 2.69. The highest BCUT2D eigenvalue weighted by Gasteiger charge is 2.32. The molecule has 0 aliphatic carbocycles. The molecule has 0 heterocycles. The quantitative estimate of drug-likeness (QED) is 0.0920. The number of aliphatic hydroxyl groups is 1. The molecule has 4 amide bonds. The Morgan fingerprint density at radius 3 is 1.66 bits per heavy atom. The third-order valence-corrected chi connectivity index (χ3v) is 4.64. The minimum absolute atomic E-state index is 0.263. The molecule has 198 valence electrons. The van der Waals surface area contributed by atoms with Crippen LogP contribution in [0.15, 0.2) is 0 Å². The van der Waals surface area contributed by atoms with E-state index in [0.29, 0.717) is 0 Å². The molecule has 0 saturated carbocycles. The number of aliphatic hydroxyl groups excluding tert-OH is 1. The number of hydrogen-bond donors (Lipinski definition) is 9. The molecule has 0 fully saturated rings. The van der Waals surface area contributed by atoms with E-state index in [9.17, 15) is 43.8 Å². The summed E-state index contributed by atoms with van der Waals surface area (Å²) in [6.45, 7) is 1.13. The van der Waals surface area contributed by atoms with Gasteiger partial charge in [-0.1, -0.05) is 0 Å². The van der Waals surface area contributed by atoms with E-state index in [1.54, 1.807) is 0 Å². The van der Waals surface area contributed by atoms with Crippen molar-refractivity contribution in [3.63, 3.8) is 0 Å². The number of nitrogens with two attached hydrogens (primary N) is 2. The van der Waals surface area contributed by atoms with Crippen molar-refractivity contribution >= 4 is 41.5 Å². The molecule has 0 radical (unpaired) electrons. The highest BCUT2D eigenvalue weighted by Crippen LogP contribution is 2.05. The second-order valence-electron chi connectivity index (χ2n) is 7.66. The number of primary amides is 1. The van der Waals surface area contributed by atoms with Gasteiger partial charge in [-0.15, -0.1) is 0 Å². The van der Waals surface area contributed by atoms with Gasteiger partial charge in [0.2, 0.25) is 23.6 Å². The molecule has 0 saturated heterocycles. The molecular formula is C19H31N5O11. The van der Waals surface area contributed by atoms with Crippen molar-refractivity contribution in [1.82, 2.24) is 16.0 Å². The van der Waals surface area contributed by atoms with Gasteiger partial charge in [0.1, 0.15) is 18.1 Å². The summed E-state index contributed by atoms with van der Waals surface area (Å²) in [5, 5.41) is 43.1. The molecule has 0 aromatic carbocycles.